The van der Waals surface area contributed by atoms with Gasteiger partial charge in [-0.25, -0.2) is 4.98 Å². The SMILES string of the molecule is CC(Sc1nccn1C1CC1)C(=O)Nc1ccc(N2CCOCC2)cc1. The summed E-state index contributed by atoms with van der Waals surface area (Å²) < 4.78 is 7.57. The summed E-state index contributed by atoms with van der Waals surface area (Å²) in [6, 6.07) is 8.61. The summed E-state index contributed by atoms with van der Waals surface area (Å²) in [6.07, 6.45) is 6.24. The standard InChI is InChI=1S/C19H24N4O2S/c1-14(26-19-20-8-9-23(19)17-6-7-17)18(24)21-15-2-4-16(5-3-15)22-10-12-25-13-11-22/h2-5,8-9,14,17H,6-7,10-13H2,1H3,(H,21,24). The van der Waals surface area contributed by atoms with Crippen molar-refractivity contribution in [3.63, 3.8) is 0 Å². The number of nitrogens with zero attached hydrogens (tertiary/aromatic N) is 3. The zero-order chi connectivity index (χ0) is 17.9. The molecule has 1 atom stereocenters. The highest BCUT2D eigenvalue weighted by Crippen LogP contribution is 2.38. The number of aromatic nitrogens is 2. The summed E-state index contributed by atoms with van der Waals surface area (Å²) >= 11 is 1.52. The molecule has 1 saturated heterocycles. The molecule has 7 heteroatoms. The van der Waals surface area contributed by atoms with E-state index >= 15 is 0 Å². The molecule has 1 aromatic carbocycles. The molecule has 0 spiro atoms. The second-order valence-corrected chi connectivity index (χ2v) is 8.05. The van der Waals surface area contributed by atoms with Gasteiger partial charge < -0.3 is 19.5 Å². The van der Waals surface area contributed by atoms with E-state index in [1.807, 2.05) is 31.5 Å². The van der Waals surface area contributed by atoms with Crippen molar-refractivity contribution in [3.8, 4) is 0 Å². The first-order valence-corrected chi connectivity index (χ1v) is 10.0. The van der Waals surface area contributed by atoms with Gasteiger partial charge in [-0.1, -0.05) is 11.8 Å². The lowest BCUT2D eigenvalue weighted by molar-refractivity contribution is -0.115. The predicted molar refractivity (Wildman–Crippen MR) is 104 cm³/mol. The van der Waals surface area contributed by atoms with E-state index in [4.69, 9.17) is 4.74 Å². The van der Waals surface area contributed by atoms with Crippen molar-refractivity contribution in [2.24, 2.45) is 0 Å². The number of hydrogen-bond donors (Lipinski definition) is 1. The topological polar surface area (TPSA) is 59.4 Å². The predicted octanol–water partition coefficient (Wildman–Crippen LogP) is 3.17. The van der Waals surface area contributed by atoms with E-state index in [0.717, 1.165) is 37.1 Å². The molecule has 0 bridgehead atoms. The van der Waals surface area contributed by atoms with Gasteiger partial charge in [0.25, 0.3) is 0 Å². The van der Waals surface area contributed by atoms with Crippen molar-refractivity contribution in [2.45, 2.75) is 36.2 Å². The Morgan fingerprint density at radius 3 is 2.69 bits per heavy atom. The first kappa shape index (κ1) is 17.4. The second-order valence-electron chi connectivity index (χ2n) is 6.74. The Hall–Kier alpha value is -1.99. The van der Waals surface area contributed by atoms with Gasteiger partial charge in [-0.15, -0.1) is 0 Å². The summed E-state index contributed by atoms with van der Waals surface area (Å²) in [5.41, 5.74) is 1.99. The van der Waals surface area contributed by atoms with Crippen LogP contribution in [0.5, 0.6) is 0 Å². The van der Waals surface area contributed by atoms with E-state index in [1.165, 1.54) is 30.3 Å². The monoisotopic (exact) mass is 372 g/mol. The van der Waals surface area contributed by atoms with Gasteiger partial charge >= 0.3 is 0 Å². The van der Waals surface area contributed by atoms with Crippen LogP contribution in [0.1, 0.15) is 25.8 Å². The fourth-order valence-electron chi connectivity index (χ4n) is 3.05. The number of nitrogens with one attached hydrogen (secondary N) is 1. The molecular formula is C19H24N4O2S. The van der Waals surface area contributed by atoms with E-state index in [1.54, 1.807) is 0 Å². The third-order valence-electron chi connectivity index (χ3n) is 4.74. The number of amides is 1. The number of hydrogen-bond acceptors (Lipinski definition) is 5. The average molecular weight is 372 g/mol. The summed E-state index contributed by atoms with van der Waals surface area (Å²) in [5, 5.41) is 3.74. The van der Waals surface area contributed by atoms with Gasteiger partial charge in [0.05, 0.1) is 18.5 Å². The first-order valence-electron chi connectivity index (χ1n) is 9.14. The van der Waals surface area contributed by atoms with Gasteiger partial charge in [-0.2, -0.15) is 0 Å². The van der Waals surface area contributed by atoms with Crippen LogP contribution in [0, 0.1) is 0 Å². The molecule has 6 nitrogen and oxygen atoms in total. The van der Waals surface area contributed by atoms with Gasteiger partial charge in [-0.3, -0.25) is 4.79 Å². The molecular weight excluding hydrogens is 348 g/mol. The second kappa shape index (κ2) is 7.72. The van der Waals surface area contributed by atoms with Crippen molar-refractivity contribution in [2.75, 3.05) is 36.5 Å². The number of ether oxygens (including phenoxy) is 1. The number of carbonyl (C=O) groups is 1. The third kappa shape index (κ3) is 4.04. The fraction of sp³-hybridized carbons (Fsp3) is 0.474. The van der Waals surface area contributed by atoms with Crippen LogP contribution in [-0.4, -0.2) is 47.0 Å². The van der Waals surface area contributed by atoms with Crippen molar-refractivity contribution in [1.82, 2.24) is 9.55 Å². The lowest BCUT2D eigenvalue weighted by Crippen LogP contribution is -2.36. The molecule has 0 radical (unpaired) electrons. The van der Waals surface area contributed by atoms with Crippen LogP contribution in [0.2, 0.25) is 0 Å². The Labute approximate surface area is 157 Å². The molecule has 2 heterocycles. The smallest absolute Gasteiger partial charge is 0.237 e. The summed E-state index contributed by atoms with van der Waals surface area (Å²) in [5.74, 6) is -0.000491. The van der Waals surface area contributed by atoms with E-state index in [-0.39, 0.29) is 11.2 Å². The molecule has 1 amide bonds. The molecule has 4 rings (SSSR count). The van der Waals surface area contributed by atoms with E-state index in [9.17, 15) is 4.79 Å². The molecule has 1 aliphatic carbocycles. The van der Waals surface area contributed by atoms with Crippen LogP contribution in [0.15, 0.2) is 41.8 Å². The highest BCUT2D eigenvalue weighted by Gasteiger charge is 2.27. The zero-order valence-corrected chi connectivity index (χ0v) is 15.7. The minimum atomic E-state index is -0.200. The minimum absolute atomic E-state index is 0.000491. The normalized spacial score (nSPS) is 18.6. The van der Waals surface area contributed by atoms with Crippen LogP contribution in [0.4, 0.5) is 11.4 Å². The fourth-order valence-corrected chi connectivity index (χ4v) is 3.99. The van der Waals surface area contributed by atoms with Gasteiger partial charge in [0, 0.05) is 42.9 Å². The molecule has 138 valence electrons. The number of rotatable bonds is 6. The maximum atomic E-state index is 12.5. The number of carbonyl (C=O) groups excluding carboxylic acids is 1. The Morgan fingerprint density at radius 2 is 2.00 bits per heavy atom. The highest BCUT2D eigenvalue weighted by atomic mass is 32.2. The quantitative estimate of drug-likeness (QED) is 0.789. The molecule has 2 aromatic rings. The third-order valence-corrected chi connectivity index (χ3v) is 5.83. The Kier molecular flexibility index (Phi) is 5.17. The maximum absolute atomic E-state index is 12.5. The largest absolute Gasteiger partial charge is 0.378 e. The Bertz CT molecular complexity index is 751. The van der Waals surface area contributed by atoms with Gasteiger partial charge in [0.15, 0.2) is 5.16 Å². The van der Waals surface area contributed by atoms with Crippen molar-refractivity contribution in [1.29, 1.82) is 0 Å². The van der Waals surface area contributed by atoms with E-state index < -0.39 is 0 Å². The van der Waals surface area contributed by atoms with Crippen LogP contribution in [0.25, 0.3) is 0 Å². The summed E-state index contributed by atoms with van der Waals surface area (Å²) in [6.45, 7) is 5.28. The Balaban J connectivity index is 1.34. The Morgan fingerprint density at radius 1 is 1.27 bits per heavy atom. The molecule has 1 saturated carbocycles. The number of benzene rings is 1. The lowest BCUT2D eigenvalue weighted by Gasteiger charge is -2.28. The number of thioether (sulfide) groups is 1. The molecule has 2 aliphatic rings. The van der Waals surface area contributed by atoms with Gasteiger partial charge in [0.2, 0.25) is 5.91 Å². The van der Waals surface area contributed by atoms with E-state index in [2.05, 4.69) is 31.9 Å². The molecule has 1 unspecified atom stereocenters. The molecule has 1 aromatic heterocycles. The zero-order valence-electron chi connectivity index (χ0n) is 14.9. The molecule has 26 heavy (non-hydrogen) atoms. The molecule has 1 aliphatic heterocycles. The van der Waals surface area contributed by atoms with Crippen LogP contribution in [0.3, 0.4) is 0 Å². The first-order chi connectivity index (χ1) is 12.7. The average Bonchev–Trinajstić information content (AvgIpc) is 3.42. The van der Waals surface area contributed by atoms with Crippen molar-refractivity contribution >= 4 is 29.0 Å². The molecule has 2 fully saturated rings. The van der Waals surface area contributed by atoms with Crippen LogP contribution >= 0.6 is 11.8 Å². The number of imidazole rings is 1. The van der Waals surface area contributed by atoms with Crippen LogP contribution < -0.4 is 10.2 Å². The van der Waals surface area contributed by atoms with Crippen LogP contribution in [-0.2, 0) is 9.53 Å². The van der Waals surface area contributed by atoms with E-state index in [0.29, 0.717) is 6.04 Å². The van der Waals surface area contributed by atoms with Crippen molar-refractivity contribution < 1.29 is 9.53 Å². The minimum Gasteiger partial charge on any atom is -0.378 e. The highest BCUT2D eigenvalue weighted by molar-refractivity contribution is 8.00. The van der Waals surface area contributed by atoms with Gasteiger partial charge in [0.1, 0.15) is 0 Å². The summed E-state index contributed by atoms with van der Waals surface area (Å²) in [7, 11) is 0. The summed E-state index contributed by atoms with van der Waals surface area (Å²) in [4.78, 5) is 19.2. The number of anilines is 2. The maximum Gasteiger partial charge on any atom is 0.237 e. The molecule has 1 N–H and O–H groups in total. The van der Waals surface area contributed by atoms with Crippen molar-refractivity contribution in [3.05, 3.63) is 36.7 Å². The lowest BCUT2D eigenvalue weighted by atomic mass is 10.2. The number of morpholine rings is 1. The van der Waals surface area contributed by atoms with Gasteiger partial charge in [-0.05, 0) is 44.0 Å².